The molecular formula is C46H44S4. The Morgan fingerprint density at radius 3 is 1.04 bits per heavy atom. The van der Waals surface area contributed by atoms with Crippen LogP contribution in [-0.2, 0) is 0 Å². The molecule has 0 aliphatic heterocycles. The molecule has 0 heterocycles. The maximum absolute atomic E-state index is 2.66. The van der Waals surface area contributed by atoms with Gasteiger partial charge in [0.25, 0.3) is 0 Å². The molecule has 2 fully saturated rings. The molecule has 6 aliphatic carbocycles. The first-order chi connectivity index (χ1) is 24.5. The highest BCUT2D eigenvalue weighted by molar-refractivity contribution is 8.04. The minimum Gasteiger partial charge on any atom is -0.0948 e. The van der Waals surface area contributed by atoms with Gasteiger partial charge >= 0.3 is 0 Å². The molecule has 0 unspecified atom stereocenters. The van der Waals surface area contributed by atoms with Crippen LogP contribution in [0.1, 0.15) is 64.2 Å². The number of benzene rings is 4. The van der Waals surface area contributed by atoms with Crippen molar-refractivity contribution in [2.24, 2.45) is 21.7 Å². The van der Waals surface area contributed by atoms with Gasteiger partial charge in [-0.25, -0.2) is 0 Å². The molecule has 0 radical (unpaired) electrons. The Morgan fingerprint density at radius 2 is 0.680 bits per heavy atom. The first-order valence-corrected chi connectivity index (χ1v) is 21.6. The van der Waals surface area contributed by atoms with Gasteiger partial charge in [-0.2, -0.15) is 0 Å². The van der Waals surface area contributed by atoms with Gasteiger partial charge in [0.15, 0.2) is 0 Å². The highest BCUT2D eigenvalue weighted by atomic mass is 32.2. The second-order valence-corrected chi connectivity index (χ2v) is 19.9. The summed E-state index contributed by atoms with van der Waals surface area (Å²) < 4.78 is 0. The summed E-state index contributed by atoms with van der Waals surface area (Å²) in [4.78, 5) is 11.9. The van der Waals surface area contributed by atoms with Crippen molar-refractivity contribution in [3.8, 4) is 0 Å². The van der Waals surface area contributed by atoms with Gasteiger partial charge in [-0.1, -0.05) is 157 Å². The van der Waals surface area contributed by atoms with Crippen LogP contribution < -0.4 is 0 Å². The molecule has 2 atom stereocenters. The van der Waals surface area contributed by atoms with Gasteiger partial charge in [0, 0.05) is 35.8 Å². The van der Waals surface area contributed by atoms with Crippen LogP contribution in [0, 0.1) is 21.7 Å². The number of thioether (sulfide) groups is 4. The molecule has 6 aliphatic rings. The van der Waals surface area contributed by atoms with E-state index in [2.05, 4.69) is 146 Å². The summed E-state index contributed by atoms with van der Waals surface area (Å²) in [5, 5.41) is 0. The lowest BCUT2D eigenvalue weighted by molar-refractivity contribution is 0.215. The molecule has 0 spiro atoms. The fraction of sp³-hybridized carbons (Fsp3) is 0.304. The molecule has 252 valence electrons. The normalized spacial score (nSPS) is 29.9. The molecule has 2 saturated carbocycles. The van der Waals surface area contributed by atoms with Crippen molar-refractivity contribution in [3.63, 3.8) is 0 Å². The second-order valence-electron chi connectivity index (χ2n) is 15.2. The van der Waals surface area contributed by atoms with Crippen molar-refractivity contribution in [2.75, 3.05) is 0 Å². The molecule has 0 amide bonds. The lowest BCUT2D eigenvalue weighted by Crippen LogP contribution is -2.26. The Bertz CT molecular complexity index is 1830. The van der Waals surface area contributed by atoms with E-state index in [1.54, 1.807) is 19.6 Å². The van der Waals surface area contributed by atoms with Gasteiger partial charge in [-0.3, -0.25) is 0 Å². The fourth-order valence-electron chi connectivity index (χ4n) is 10.1. The molecule has 10 rings (SSSR count). The third-order valence-corrected chi connectivity index (χ3v) is 16.3. The summed E-state index contributed by atoms with van der Waals surface area (Å²) in [5.41, 5.74) is 1.62. The summed E-state index contributed by atoms with van der Waals surface area (Å²) in [6.45, 7) is 0. The van der Waals surface area contributed by atoms with Gasteiger partial charge < -0.3 is 0 Å². The summed E-state index contributed by atoms with van der Waals surface area (Å²) in [6, 6.07) is 43.4. The summed E-state index contributed by atoms with van der Waals surface area (Å²) in [6.07, 6.45) is 23.8. The van der Waals surface area contributed by atoms with Crippen LogP contribution >= 0.6 is 47.0 Å². The van der Waals surface area contributed by atoms with E-state index in [4.69, 9.17) is 0 Å². The van der Waals surface area contributed by atoms with E-state index < -0.39 is 0 Å². The van der Waals surface area contributed by atoms with Crippen molar-refractivity contribution >= 4 is 47.0 Å². The van der Waals surface area contributed by atoms with Crippen molar-refractivity contribution in [3.05, 3.63) is 165 Å². The Balaban J connectivity index is 0.000000135. The van der Waals surface area contributed by atoms with Gasteiger partial charge in [-0.05, 0) is 125 Å². The van der Waals surface area contributed by atoms with E-state index in [-0.39, 0.29) is 0 Å². The van der Waals surface area contributed by atoms with Gasteiger partial charge in [-0.15, -0.1) is 0 Å². The number of rotatable bonds is 8. The zero-order valence-electron chi connectivity index (χ0n) is 28.6. The van der Waals surface area contributed by atoms with E-state index in [0.717, 1.165) is 0 Å². The van der Waals surface area contributed by atoms with Gasteiger partial charge in [0.05, 0.1) is 0 Å². The number of allylic oxidation sites excluding steroid dienone is 8. The predicted octanol–water partition coefficient (Wildman–Crippen LogP) is 14.6. The maximum atomic E-state index is 2.66. The van der Waals surface area contributed by atoms with Crippen molar-refractivity contribution in [1.29, 1.82) is 0 Å². The van der Waals surface area contributed by atoms with Crippen LogP contribution in [0.4, 0.5) is 0 Å². The highest BCUT2D eigenvalue weighted by Gasteiger charge is 2.60. The van der Waals surface area contributed by atoms with Gasteiger partial charge in [0.2, 0.25) is 0 Å². The van der Waals surface area contributed by atoms with Crippen LogP contribution in [0.5, 0.6) is 0 Å². The smallest absolute Gasteiger partial charge is 0.0146 e. The lowest BCUT2D eigenvalue weighted by Gasteiger charge is -2.33. The zero-order valence-corrected chi connectivity index (χ0v) is 31.8. The average Bonchev–Trinajstić information content (AvgIpc) is 3.89. The van der Waals surface area contributed by atoms with Crippen LogP contribution in [0.2, 0.25) is 0 Å². The monoisotopic (exact) mass is 724 g/mol. The third-order valence-electron chi connectivity index (χ3n) is 12.2. The minimum absolute atomic E-state index is 0.335. The number of hydrogen-bond donors (Lipinski definition) is 0. The molecule has 4 aromatic carbocycles. The molecule has 0 N–H and O–H groups in total. The van der Waals surface area contributed by atoms with E-state index >= 15 is 0 Å². The first kappa shape index (κ1) is 33.1. The molecule has 4 aromatic rings. The van der Waals surface area contributed by atoms with Crippen LogP contribution in [0.15, 0.2) is 185 Å². The SMILES string of the molecule is C1=C(Sc2ccccc2)CC23CCCC12C=C(Sc1ccccc1)C3.C1=C(Sc2ccccc2)C[C@]23C=C(Sc4ccccc4)C[C@]12CCC3. The van der Waals surface area contributed by atoms with Crippen LogP contribution in [-0.4, -0.2) is 0 Å². The third kappa shape index (κ3) is 6.23. The summed E-state index contributed by atoms with van der Waals surface area (Å²) >= 11 is 7.94. The van der Waals surface area contributed by atoms with E-state index in [9.17, 15) is 0 Å². The lowest BCUT2D eigenvalue weighted by atomic mass is 9.70. The molecular weight excluding hydrogens is 681 g/mol. The Hall–Kier alpha value is -2.76. The Morgan fingerprint density at radius 1 is 0.340 bits per heavy atom. The minimum atomic E-state index is 0.335. The molecule has 4 heteroatoms. The van der Waals surface area contributed by atoms with Crippen molar-refractivity contribution < 1.29 is 0 Å². The molecule has 0 bridgehead atoms. The fourth-order valence-corrected chi connectivity index (χ4v) is 14.9. The highest BCUT2D eigenvalue weighted by Crippen LogP contribution is 2.72. The van der Waals surface area contributed by atoms with Crippen molar-refractivity contribution in [1.82, 2.24) is 0 Å². The first-order valence-electron chi connectivity index (χ1n) is 18.3. The molecule has 50 heavy (non-hydrogen) atoms. The molecule has 0 nitrogen and oxygen atoms in total. The molecule has 0 saturated heterocycles. The average molecular weight is 725 g/mol. The van der Waals surface area contributed by atoms with Crippen LogP contribution in [0.25, 0.3) is 0 Å². The summed E-state index contributed by atoms with van der Waals surface area (Å²) in [5.74, 6) is 0. The topological polar surface area (TPSA) is 0 Å². The van der Waals surface area contributed by atoms with Crippen LogP contribution in [0.3, 0.4) is 0 Å². The Labute approximate surface area is 315 Å². The largest absolute Gasteiger partial charge is 0.0948 e. The molecule has 0 aromatic heterocycles. The number of hydrogen-bond acceptors (Lipinski definition) is 4. The zero-order chi connectivity index (χ0) is 33.5. The van der Waals surface area contributed by atoms with E-state index in [0.29, 0.717) is 21.7 Å². The second kappa shape index (κ2) is 13.7. The standard InChI is InChI=1S/2C23H22S2/c2*1-3-8-18(9-4-1)24-20-14-22-12-7-13-23(22,15-20)17-21(16-22)25-19-10-5-2-6-11-19/h1-6,8-11,14,17H,7,12-13,15-16H2;1-6,8-11,14,16H,7,12-13,15,17H2/t22-,23+;/m0./s1. The predicted molar refractivity (Wildman–Crippen MR) is 217 cm³/mol. The Kier molecular flexibility index (Phi) is 9.04. The van der Waals surface area contributed by atoms with Gasteiger partial charge in [0.1, 0.15) is 0 Å². The van der Waals surface area contributed by atoms with E-state index in [1.807, 2.05) is 47.0 Å². The summed E-state index contributed by atoms with van der Waals surface area (Å²) in [7, 11) is 0. The van der Waals surface area contributed by atoms with E-state index in [1.165, 1.54) is 83.8 Å². The maximum Gasteiger partial charge on any atom is 0.0146 e. The quantitative estimate of drug-likeness (QED) is 0.177. The van der Waals surface area contributed by atoms with Crippen molar-refractivity contribution in [2.45, 2.75) is 83.8 Å².